The van der Waals surface area contributed by atoms with Gasteiger partial charge in [0.25, 0.3) is 5.69 Å². The number of anilines is 1. The van der Waals surface area contributed by atoms with E-state index < -0.39 is 0 Å². The molecular weight excluding hydrogens is 456 g/mol. The van der Waals surface area contributed by atoms with Crippen LogP contribution in [-0.4, -0.2) is 10.7 Å². The minimum Gasteiger partial charge on any atom is -0.358 e. The van der Waals surface area contributed by atoms with Crippen LogP contribution >= 0.6 is 11.3 Å². The van der Waals surface area contributed by atoms with Gasteiger partial charge in [-0.3, -0.25) is 14.9 Å². The lowest BCUT2D eigenvalue weighted by molar-refractivity contribution is -0.384. The Morgan fingerprint density at radius 2 is 1.83 bits per heavy atom. The van der Waals surface area contributed by atoms with Crippen LogP contribution in [0.4, 0.5) is 11.4 Å². The van der Waals surface area contributed by atoms with Crippen LogP contribution < -0.4 is 5.32 Å². The van der Waals surface area contributed by atoms with Gasteiger partial charge >= 0.3 is 0 Å². The molecule has 1 aliphatic carbocycles. The third kappa shape index (κ3) is 3.65. The number of hydrogen-bond acceptors (Lipinski definition) is 5. The van der Waals surface area contributed by atoms with Crippen molar-refractivity contribution in [2.24, 2.45) is 5.41 Å². The molecule has 5 nitrogen and oxygen atoms in total. The molecule has 6 rings (SSSR count). The van der Waals surface area contributed by atoms with Crippen molar-refractivity contribution in [1.82, 2.24) is 0 Å². The number of nitrogens with one attached hydrogen (secondary N) is 1. The summed E-state index contributed by atoms with van der Waals surface area (Å²) in [5, 5.41) is 17.2. The molecule has 4 aromatic rings. The Bertz CT molecular complexity index is 1560. The normalized spacial score (nSPS) is 18.7. The number of benzene rings is 3. The highest BCUT2D eigenvalue weighted by Crippen LogP contribution is 2.52. The van der Waals surface area contributed by atoms with E-state index in [0.717, 1.165) is 55.0 Å². The van der Waals surface area contributed by atoms with E-state index >= 15 is 0 Å². The van der Waals surface area contributed by atoms with Gasteiger partial charge in [0.05, 0.1) is 10.8 Å². The summed E-state index contributed by atoms with van der Waals surface area (Å²) in [4.78, 5) is 26.6. The topological polar surface area (TPSA) is 72.2 Å². The summed E-state index contributed by atoms with van der Waals surface area (Å²) < 4.78 is 0. The highest BCUT2D eigenvalue weighted by molar-refractivity contribution is 7.15. The number of nitro groups is 1. The van der Waals surface area contributed by atoms with Crippen LogP contribution in [0, 0.1) is 15.5 Å². The van der Waals surface area contributed by atoms with Crippen molar-refractivity contribution < 1.29 is 9.72 Å². The predicted octanol–water partition coefficient (Wildman–Crippen LogP) is 7.68. The Hall–Kier alpha value is -3.77. The van der Waals surface area contributed by atoms with Crippen molar-refractivity contribution >= 4 is 39.3 Å². The molecule has 174 valence electrons. The van der Waals surface area contributed by atoms with Crippen molar-refractivity contribution in [1.29, 1.82) is 0 Å². The van der Waals surface area contributed by atoms with Gasteiger partial charge in [-0.25, -0.2) is 0 Å². The quantitative estimate of drug-likeness (QED) is 0.241. The summed E-state index contributed by atoms with van der Waals surface area (Å²) in [5.74, 6) is 0.0195. The zero-order chi connectivity index (χ0) is 24.3. The van der Waals surface area contributed by atoms with Gasteiger partial charge < -0.3 is 5.32 Å². The number of carbonyl (C=O) groups excluding carboxylic acids is 1. The summed E-state index contributed by atoms with van der Waals surface area (Å²) in [7, 11) is 0. The Kier molecular flexibility index (Phi) is 4.90. The Morgan fingerprint density at radius 1 is 1.00 bits per heavy atom. The Labute approximate surface area is 207 Å². The van der Waals surface area contributed by atoms with E-state index in [1.807, 2.05) is 24.3 Å². The molecule has 1 aromatic heterocycles. The van der Waals surface area contributed by atoms with Crippen LogP contribution in [0.1, 0.15) is 43.0 Å². The first-order chi connectivity index (χ1) is 16.8. The SMILES string of the molecule is CC1(C)CC(=O)C2=C(C1)Nc1ccc3ccccc3c1C2c1ccc(-c2cccc([N+](=O)[O-])c2)s1. The van der Waals surface area contributed by atoms with Gasteiger partial charge in [-0.2, -0.15) is 0 Å². The number of hydrogen-bond donors (Lipinski definition) is 1. The molecule has 0 amide bonds. The molecule has 2 heterocycles. The van der Waals surface area contributed by atoms with E-state index in [1.165, 1.54) is 6.07 Å². The molecule has 1 aliphatic heterocycles. The minimum atomic E-state index is -0.368. The Morgan fingerprint density at radius 3 is 2.66 bits per heavy atom. The zero-order valence-electron chi connectivity index (χ0n) is 19.5. The maximum absolute atomic E-state index is 13.6. The molecule has 3 aromatic carbocycles. The van der Waals surface area contributed by atoms with Crippen LogP contribution in [0.5, 0.6) is 0 Å². The second kappa shape index (κ2) is 7.89. The number of nitrogens with zero attached hydrogens (tertiary/aromatic N) is 1. The molecular formula is C29H24N2O3S. The second-order valence-electron chi connectivity index (χ2n) is 10.1. The highest BCUT2D eigenvalue weighted by atomic mass is 32.1. The van der Waals surface area contributed by atoms with Crippen LogP contribution in [-0.2, 0) is 4.79 Å². The van der Waals surface area contributed by atoms with Gasteiger partial charge in [-0.05, 0) is 51.9 Å². The molecule has 0 radical (unpaired) electrons. The largest absolute Gasteiger partial charge is 0.358 e. The van der Waals surface area contributed by atoms with Crippen LogP contribution in [0.15, 0.2) is 84.1 Å². The smallest absolute Gasteiger partial charge is 0.270 e. The van der Waals surface area contributed by atoms with E-state index in [9.17, 15) is 14.9 Å². The van der Waals surface area contributed by atoms with Crippen molar-refractivity contribution in [3.05, 3.63) is 105 Å². The number of nitro benzene ring substituents is 1. The summed E-state index contributed by atoms with van der Waals surface area (Å²) >= 11 is 1.61. The molecule has 0 saturated carbocycles. The van der Waals surface area contributed by atoms with Crippen molar-refractivity contribution in [2.75, 3.05) is 5.32 Å². The number of rotatable bonds is 3. The molecule has 0 fully saturated rings. The molecule has 0 saturated heterocycles. The monoisotopic (exact) mass is 480 g/mol. The second-order valence-corrected chi connectivity index (χ2v) is 11.3. The van der Waals surface area contributed by atoms with Gasteiger partial charge in [0.15, 0.2) is 5.78 Å². The van der Waals surface area contributed by atoms with Crippen LogP contribution in [0.3, 0.4) is 0 Å². The average molecular weight is 481 g/mol. The van der Waals surface area contributed by atoms with E-state index in [1.54, 1.807) is 23.5 Å². The number of Topliss-reactive ketones (excluding diaryl/α,β-unsaturated/α-hetero) is 1. The first-order valence-electron chi connectivity index (χ1n) is 11.7. The molecule has 35 heavy (non-hydrogen) atoms. The maximum atomic E-state index is 13.6. The standard InChI is InChI=1S/C29H24N2O3S/c1-29(2)15-22-27(23(32)16-29)28(26-20-9-4-3-6-17(20)10-11-21(26)30-22)25-13-12-24(35-25)18-7-5-8-19(14-18)31(33)34/h3-14,28,30H,15-16H2,1-2H3. The molecule has 6 heteroatoms. The first kappa shape index (κ1) is 21.7. The van der Waals surface area contributed by atoms with Gasteiger partial charge in [-0.15, -0.1) is 11.3 Å². The number of fused-ring (bicyclic) bond motifs is 3. The lowest BCUT2D eigenvalue weighted by atomic mass is 9.69. The molecule has 0 spiro atoms. The zero-order valence-corrected chi connectivity index (χ0v) is 20.3. The fourth-order valence-electron chi connectivity index (χ4n) is 5.52. The number of allylic oxidation sites excluding steroid dienone is 2. The summed E-state index contributed by atoms with van der Waals surface area (Å²) in [6, 6.07) is 23.4. The summed E-state index contributed by atoms with van der Waals surface area (Å²) in [6.45, 7) is 4.29. The average Bonchev–Trinajstić information content (AvgIpc) is 3.32. The fourth-order valence-corrected chi connectivity index (χ4v) is 6.65. The molecule has 1 unspecified atom stereocenters. The number of thiophene rings is 1. The number of ketones is 1. The lowest BCUT2D eigenvalue weighted by Gasteiger charge is -2.39. The maximum Gasteiger partial charge on any atom is 0.270 e. The molecule has 1 atom stereocenters. The molecule has 0 bridgehead atoms. The van der Waals surface area contributed by atoms with Gasteiger partial charge in [0.2, 0.25) is 0 Å². The molecule has 2 aliphatic rings. The third-order valence-corrected chi connectivity index (χ3v) is 8.21. The van der Waals surface area contributed by atoms with Crippen molar-refractivity contribution in [3.63, 3.8) is 0 Å². The summed E-state index contributed by atoms with van der Waals surface area (Å²) in [6.07, 6.45) is 1.34. The first-order valence-corrected chi connectivity index (χ1v) is 12.5. The van der Waals surface area contributed by atoms with Gasteiger partial charge in [0.1, 0.15) is 0 Å². The highest BCUT2D eigenvalue weighted by Gasteiger charge is 2.41. The third-order valence-electron chi connectivity index (χ3n) is 7.01. The van der Waals surface area contributed by atoms with E-state index in [4.69, 9.17) is 0 Å². The van der Waals surface area contributed by atoms with Crippen molar-refractivity contribution in [2.45, 2.75) is 32.6 Å². The summed E-state index contributed by atoms with van der Waals surface area (Å²) in [5.41, 5.74) is 4.85. The lowest BCUT2D eigenvalue weighted by Crippen LogP contribution is -2.33. The minimum absolute atomic E-state index is 0.0744. The number of carbonyl (C=O) groups is 1. The van der Waals surface area contributed by atoms with Gasteiger partial charge in [0, 0.05) is 45.3 Å². The van der Waals surface area contributed by atoms with E-state index in [-0.39, 0.29) is 27.7 Å². The molecule has 1 N–H and O–H groups in total. The Balaban J connectivity index is 1.55. The van der Waals surface area contributed by atoms with Crippen LogP contribution in [0.2, 0.25) is 0 Å². The predicted molar refractivity (Wildman–Crippen MR) is 141 cm³/mol. The number of non-ortho nitro benzene ring substituents is 1. The fraction of sp³-hybridized carbons (Fsp3) is 0.207. The van der Waals surface area contributed by atoms with Crippen LogP contribution in [0.25, 0.3) is 21.2 Å². The van der Waals surface area contributed by atoms with E-state index in [2.05, 4.69) is 49.5 Å². The van der Waals surface area contributed by atoms with E-state index in [0.29, 0.717) is 6.42 Å². The van der Waals surface area contributed by atoms with Gasteiger partial charge in [-0.1, -0.05) is 56.3 Å². The van der Waals surface area contributed by atoms with Crippen molar-refractivity contribution in [3.8, 4) is 10.4 Å².